The Kier molecular flexibility index (Phi) is 5.09. The number of hydrogen-bond acceptors (Lipinski definition) is 5. The number of halogens is 1. The quantitative estimate of drug-likeness (QED) is 0.466. The van der Waals surface area contributed by atoms with E-state index in [1.165, 1.54) is 12.1 Å². The Hall–Kier alpha value is -2.07. The molecule has 1 aromatic carbocycles. The van der Waals surface area contributed by atoms with Crippen LogP contribution in [0, 0.1) is 0 Å². The number of benzene rings is 1. The van der Waals surface area contributed by atoms with Crippen molar-refractivity contribution < 1.29 is 8.42 Å². The molecule has 3 aromatic heterocycles. The minimum absolute atomic E-state index is 0.0647. The second-order valence-electron chi connectivity index (χ2n) is 6.38. The predicted octanol–water partition coefficient (Wildman–Crippen LogP) is 3.69. The molecule has 0 aliphatic rings. The maximum Gasteiger partial charge on any atom is 0.238 e. The average molecular weight is 436 g/mol. The molecule has 10 heteroatoms. The fraction of sp³-hybridized carbons (Fsp3) is 0.222. The molecule has 0 radical (unpaired) electrons. The largest absolute Gasteiger partial charge is 0.319 e. The Balaban J connectivity index is 1.67. The molecule has 7 nitrogen and oxygen atoms in total. The average Bonchev–Trinajstić information content (AvgIpc) is 3.19. The number of aromatic nitrogens is 4. The minimum atomic E-state index is -3.76. The number of pyridine rings is 1. The lowest BCUT2D eigenvalue weighted by Gasteiger charge is -2.06. The summed E-state index contributed by atoms with van der Waals surface area (Å²) in [5, 5.41) is 6.72. The number of nitrogens with zero attached hydrogens (tertiary/aromatic N) is 4. The van der Waals surface area contributed by atoms with Crippen molar-refractivity contribution in [3.05, 3.63) is 53.4 Å². The van der Waals surface area contributed by atoms with Gasteiger partial charge in [0.2, 0.25) is 10.0 Å². The first-order chi connectivity index (χ1) is 13.3. The van der Waals surface area contributed by atoms with Crippen LogP contribution in [0.2, 0.25) is 5.02 Å². The van der Waals surface area contributed by atoms with Crippen LogP contribution in [0.4, 0.5) is 0 Å². The van der Waals surface area contributed by atoms with Crippen LogP contribution in [0.3, 0.4) is 0 Å². The van der Waals surface area contributed by atoms with Gasteiger partial charge in [0.15, 0.2) is 5.16 Å². The number of rotatable bonds is 6. The minimum Gasteiger partial charge on any atom is -0.319 e. The van der Waals surface area contributed by atoms with Gasteiger partial charge in [-0.3, -0.25) is 0 Å². The molecule has 4 aromatic rings. The number of fused-ring (bicyclic) bond motifs is 2. The topological polar surface area (TPSA) is 95.3 Å². The van der Waals surface area contributed by atoms with Gasteiger partial charge in [-0.2, -0.15) is 0 Å². The molecule has 0 fully saturated rings. The second kappa shape index (κ2) is 7.40. The van der Waals surface area contributed by atoms with Crippen LogP contribution in [-0.4, -0.2) is 27.4 Å². The van der Waals surface area contributed by atoms with Crippen LogP contribution < -0.4 is 5.14 Å². The zero-order chi connectivity index (χ0) is 19.9. The molecule has 0 unspecified atom stereocenters. The molecular formula is C18H18ClN5O2S2. The first kappa shape index (κ1) is 19.3. The standard InChI is InChI=1S/C18H18ClN5O2S2/c1-2-7-24-16-5-4-14(28(20,25)26)8-15(16)22-18(24)27-11-13-10-23-9-12(19)3-6-17(23)21-13/h3-6,8-10H,2,7,11H2,1H3,(H2,20,25,26). The van der Waals surface area contributed by atoms with Gasteiger partial charge in [0.05, 0.1) is 26.6 Å². The van der Waals surface area contributed by atoms with E-state index in [2.05, 4.69) is 21.5 Å². The van der Waals surface area contributed by atoms with Gasteiger partial charge in [0.1, 0.15) is 5.65 Å². The van der Waals surface area contributed by atoms with Crippen LogP contribution in [0.5, 0.6) is 0 Å². The highest BCUT2D eigenvalue weighted by Crippen LogP contribution is 2.28. The molecule has 146 valence electrons. The van der Waals surface area contributed by atoms with Crippen molar-refractivity contribution in [2.45, 2.75) is 35.7 Å². The third-order valence-electron chi connectivity index (χ3n) is 4.27. The van der Waals surface area contributed by atoms with Crippen LogP contribution in [0.25, 0.3) is 16.7 Å². The third-order valence-corrected chi connectivity index (χ3v) is 6.42. The van der Waals surface area contributed by atoms with E-state index >= 15 is 0 Å². The Labute approximate surface area is 171 Å². The summed E-state index contributed by atoms with van der Waals surface area (Å²) >= 11 is 7.59. The molecule has 4 rings (SSSR count). The monoisotopic (exact) mass is 435 g/mol. The SMILES string of the molecule is CCCn1c(SCc2cn3cc(Cl)ccc3n2)nc2cc(S(N)(=O)=O)ccc21. The molecule has 0 spiro atoms. The van der Waals surface area contributed by atoms with Gasteiger partial charge >= 0.3 is 0 Å². The highest BCUT2D eigenvalue weighted by molar-refractivity contribution is 7.98. The molecule has 0 aliphatic heterocycles. The first-order valence-corrected chi connectivity index (χ1v) is 11.5. The molecule has 0 atom stereocenters. The van der Waals surface area contributed by atoms with Crippen molar-refractivity contribution in [3.8, 4) is 0 Å². The zero-order valence-electron chi connectivity index (χ0n) is 15.0. The van der Waals surface area contributed by atoms with E-state index < -0.39 is 10.0 Å². The number of sulfonamides is 1. The molecule has 0 bridgehead atoms. The maximum absolute atomic E-state index is 11.6. The lowest BCUT2D eigenvalue weighted by Crippen LogP contribution is -2.11. The normalized spacial score (nSPS) is 12.2. The summed E-state index contributed by atoms with van der Waals surface area (Å²) in [7, 11) is -3.76. The van der Waals surface area contributed by atoms with Crippen LogP contribution in [0.1, 0.15) is 19.0 Å². The summed E-state index contributed by atoms with van der Waals surface area (Å²) < 4.78 is 27.3. The molecular weight excluding hydrogens is 418 g/mol. The number of nitrogens with two attached hydrogens (primary N) is 1. The summed E-state index contributed by atoms with van der Waals surface area (Å²) in [6, 6.07) is 8.48. The predicted molar refractivity (Wildman–Crippen MR) is 111 cm³/mol. The van der Waals surface area contributed by atoms with Gasteiger partial charge in [-0.1, -0.05) is 30.3 Å². The van der Waals surface area contributed by atoms with Gasteiger partial charge in [-0.05, 0) is 36.8 Å². The van der Waals surface area contributed by atoms with E-state index in [9.17, 15) is 8.42 Å². The molecule has 0 saturated heterocycles. The van der Waals surface area contributed by atoms with E-state index in [4.69, 9.17) is 16.7 Å². The van der Waals surface area contributed by atoms with Crippen molar-refractivity contribution in [1.82, 2.24) is 18.9 Å². The van der Waals surface area contributed by atoms with Gasteiger partial charge in [-0.25, -0.2) is 23.5 Å². The Morgan fingerprint density at radius 1 is 1.18 bits per heavy atom. The Morgan fingerprint density at radius 2 is 2.00 bits per heavy atom. The lowest BCUT2D eigenvalue weighted by atomic mass is 10.3. The summed E-state index contributed by atoms with van der Waals surface area (Å²) in [5.41, 5.74) is 3.25. The fourth-order valence-corrected chi connectivity index (χ4v) is 4.67. The van der Waals surface area contributed by atoms with Gasteiger partial charge in [-0.15, -0.1) is 0 Å². The van der Waals surface area contributed by atoms with Crippen molar-refractivity contribution in [3.63, 3.8) is 0 Å². The number of hydrogen-bond donors (Lipinski definition) is 1. The molecule has 2 N–H and O–H groups in total. The highest BCUT2D eigenvalue weighted by atomic mass is 35.5. The van der Waals surface area contributed by atoms with E-state index in [1.807, 2.05) is 28.9 Å². The number of primary sulfonamides is 1. The molecule has 0 saturated carbocycles. The van der Waals surface area contributed by atoms with Crippen LogP contribution >= 0.6 is 23.4 Å². The van der Waals surface area contributed by atoms with Crippen molar-refractivity contribution in [2.75, 3.05) is 0 Å². The summed E-state index contributed by atoms with van der Waals surface area (Å²) in [4.78, 5) is 9.30. The molecule has 28 heavy (non-hydrogen) atoms. The summed E-state index contributed by atoms with van der Waals surface area (Å²) in [6.07, 6.45) is 4.70. The lowest BCUT2D eigenvalue weighted by molar-refractivity contribution is 0.598. The van der Waals surface area contributed by atoms with Gasteiger partial charge in [0, 0.05) is 24.7 Å². The molecule has 3 heterocycles. The Bertz CT molecular complexity index is 1280. The first-order valence-electron chi connectivity index (χ1n) is 8.64. The van der Waals surface area contributed by atoms with E-state index in [1.54, 1.807) is 17.8 Å². The molecule has 0 amide bonds. The maximum atomic E-state index is 11.6. The smallest absolute Gasteiger partial charge is 0.238 e. The highest BCUT2D eigenvalue weighted by Gasteiger charge is 2.15. The van der Waals surface area contributed by atoms with E-state index in [-0.39, 0.29) is 4.90 Å². The van der Waals surface area contributed by atoms with Gasteiger partial charge in [0.25, 0.3) is 0 Å². The summed E-state index contributed by atoms with van der Waals surface area (Å²) in [6.45, 7) is 2.87. The van der Waals surface area contributed by atoms with Crippen molar-refractivity contribution in [1.29, 1.82) is 0 Å². The number of thioether (sulfide) groups is 1. The summed E-state index contributed by atoms with van der Waals surface area (Å²) in [5.74, 6) is 0.633. The second-order valence-corrected chi connectivity index (χ2v) is 9.32. The van der Waals surface area contributed by atoms with E-state index in [0.29, 0.717) is 16.3 Å². The number of aryl methyl sites for hydroxylation is 1. The van der Waals surface area contributed by atoms with Crippen molar-refractivity contribution in [2.24, 2.45) is 5.14 Å². The van der Waals surface area contributed by atoms with Crippen LogP contribution in [-0.2, 0) is 22.3 Å². The Morgan fingerprint density at radius 3 is 2.75 bits per heavy atom. The zero-order valence-corrected chi connectivity index (χ0v) is 17.4. The third kappa shape index (κ3) is 3.75. The van der Waals surface area contributed by atoms with Crippen molar-refractivity contribution >= 4 is 50.1 Å². The fourth-order valence-electron chi connectivity index (χ4n) is 3.04. The van der Waals surface area contributed by atoms with Crippen LogP contribution in [0.15, 0.2) is 52.8 Å². The van der Waals surface area contributed by atoms with Gasteiger partial charge < -0.3 is 8.97 Å². The molecule has 0 aliphatic carbocycles. The number of imidazole rings is 2. The van der Waals surface area contributed by atoms with E-state index in [0.717, 1.165) is 35.0 Å².